The second-order valence-corrected chi connectivity index (χ2v) is 4.42. The van der Waals surface area contributed by atoms with E-state index in [1.807, 2.05) is 0 Å². The highest BCUT2D eigenvalue weighted by Crippen LogP contribution is 2.10. The third kappa shape index (κ3) is 4.02. The molecule has 1 saturated heterocycles. The SMILES string of the molecule is CC(S)CCN1CCCCC1. The molecule has 0 aromatic heterocycles. The average molecular weight is 173 g/mol. The van der Waals surface area contributed by atoms with Crippen LogP contribution in [0.15, 0.2) is 0 Å². The monoisotopic (exact) mass is 173 g/mol. The molecule has 1 aliphatic heterocycles. The maximum absolute atomic E-state index is 4.37. The van der Waals surface area contributed by atoms with E-state index in [1.54, 1.807) is 0 Å². The molecule has 1 fully saturated rings. The number of likely N-dealkylation sites (tertiary alicyclic amines) is 1. The first kappa shape index (κ1) is 9.40. The van der Waals surface area contributed by atoms with Gasteiger partial charge in [-0.25, -0.2) is 0 Å². The predicted molar refractivity (Wildman–Crippen MR) is 53.4 cm³/mol. The van der Waals surface area contributed by atoms with Crippen molar-refractivity contribution < 1.29 is 0 Å². The molecule has 0 saturated carbocycles. The first-order valence-electron chi connectivity index (χ1n) is 4.69. The van der Waals surface area contributed by atoms with Crippen LogP contribution in [0.3, 0.4) is 0 Å². The summed E-state index contributed by atoms with van der Waals surface area (Å²) < 4.78 is 0. The lowest BCUT2D eigenvalue weighted by Crippen LogP contribution is -2.31. The number of nitrogens with zero attached hydrogens (tertiary/aromatic N) is 1. The Bertz CT molecular complexity index is 97.7. The molecule has 66 valence electrons. The van der Waals surface area contributed by atoms with E-state index in [9.17, 15) is 0 Å². The van der Waals surface area contributed by atoms with Gasteiger partial charge in [0.15, 0.2) is 0 Å². The topological polar surface area (TPSA) is 3.24 Å². The van der Waals surface area contributed by atoms with Crippen LogP contribution in [-0.4, -0.2) is 29.8 Å². The second kappa shape index (κ2) is 5.04. The number of rotatable bonds is 3. The molecular formula is C9H19NS. The zero-order chi connectivity index (χ0) is 8.10. The first-order valence-corrected chi connectivity index (χ1v) is 5.21. The molecule has 0 spiro atoms. The molecule has 1 atom stereocenters. The minimum absolute atomic E-state index is 0.567. The van der Waals surface area contributed by atoms with Gasteiger partial charge in [0.25, 0.3) is 0 Å². The van der Waals surface area contributed by atoms with Gasteiger partial charge in [-0.05, 0) is 38.9 Å². The van der Waals surface area contributed by atoms with Gasteiger partial charge in [-0.1, -0.05) is 13.3 Å². The van der Waals surface area contributed by atoms with Crippen LogP contribution in [0.4, 0.5) is 0 Å². The van der Waals surface area contributed by atoms with Crippen molar-refractivity contribution in [3.8, 4) is 0 Å². The molecule has 0 radical (unpaired) electrons. The van der Waals surface area contributed by atoms with Crippen LogP contribution in [-0.2, 0) is 0 Å². The van der Waals surface area contributed by atoms with Crippen molar-refractivity contribution in [3.63, 3.8) is 0 Å². The summed E-state index contributed by atoms with van der Waals surface area (Å²) >= 11 is 4.37. The molecule has 0 aromatic carbocycles. The number of hydrogen-bond donors (Lipinski definition) is 1. The Labute approximate surface area is 75.6 Å². The van der Waals surface area contributed by atoms with E-state index in [0.717, 1.165) is 0 Å². The normalized spacial score (nSPS) is 23.5. The largest absolute Gasteiger partial charge is 0.303 e. The summed E-state index contributed by atoms with van der Waals surface area (Å²) in [6, 6.07) is 0. The van der Waals surface area contributed by atoms with Crippen LogP contribution in [0.25, 0.3) is 0 Å². The van der Waals surface area contributed by atoms with Gasteiger partial charge in [0.1, 0.15) is 0 Å². The highest BCUT2D eigenvalue weighted by molar-refractivity contribution is 7.80. The van der Waals surface area contributed by atoms with Crippen molar-refractivity contribution >= 4 is 12.6 Å². The van der Waals surface area contributed by atoms with Crippen molar-refractivity contribution in [3.05, 3.63) is 0 Å². The predicted octanol–water partition coefficient (Wildman–Crippen LogP) is 2.18. The summed E-state index contributed by atoms with van der Waals surface area (Å²) in [5.41, 5.74) is 0. The lowest BCUT2D eigenvalue weighted by molar-refractivity contribution is 0.227. The van der Waals surface area contributed by atoms with Gasteiger partial charge in [0.2, 0.25) is 0 Å². The van der Waals surface area contributed by atoms with Crippen LogP contribution in [0.5, 0.6) is 0 Å². The molecule has 0 aromatic rings. The lowest BCUT2D eigenvalue weighted by atomic mass is 10.1. The van der Waals surface area contributed by atoms with Gasteiger partial charge in [-0.3, -0.25) is 0 Å². The summed E-state index contributed by atoms with van der Waals surface area (Å²) in [6.45, 7) is 6.07. The molecule has 0 bridgehead atoms. The third-order valence-corrected chi connectivity index (χ3v) is 2.57. The van der Waals surface area contributed by atoms with E-state index in [-0.39, 0.29) is 0 Å². The van der Waals surface area contributed by atoms with Crippen LogP contribution in [0.1, 0.15) is 32.6 Å². The van der Waals surface area contributed by atoms with Crippen molar-refractivity contribution in [1.82, 2.24) is 4.90 Å². The van der Waals surface area contributed by atoms with Crippen molar-refractivity contribution in [2.45, 2.75) is 37.9 Å². The second-order valence-electron chi connectivity index (χ2n) is 3.54. The molecule has 1 aliphatic rings. The van der Waals surface area contributed by atoms with Gasteiger partial charge >= 0.3 is 0 Å². The Morgan fingerprint density at radius 3 is 2.45 bits per heavy atom. The molecule has 1 nitrogen and oxygen atoms in total. The molecule has 11 heavy (non-hydrogen) atoms. The lowest BCUT2D eigenvalue weighted by Gasteiger charge is -2.26. The summed E-state index contributed by atoms with van der Waals surface area (Å²) in [4.78, 5) is 2.57. The van der Waals surface area contributed by atoms with E-state index in [4.69, 9.17) is 0 Å². The smallest absolute Gasteiger partial charge is 0.0000573 e. The van der Waals surface area contributed by atoms with Crippen LogP contribution in [0, 0.1) is 0 Å². The van der Waals surface area contributed by atoms with Gasteiger partial charge in [-0.2, -0.15) is 12.6 Å². The van der Waals surface area contributed by atoms with Gasteiger partial charge < -0.3 is 4.90 Å². The maximum atomic E-state index is 4.37. The van der Waals surface area contributed by atoms with E-state index < -0.39 is 0 Å². The van der Waals surface area contributed by atoms with E-state index in [0.29, 0.717) is 5.25 Å². The minimum atomic E-state index is 0.567. The number of piperidine rings is 1. The fourth-order valence-electron chi connectivity index (χ4n) is 1.55. The average Bonchev–Trinajstić information content (AvgIpc) is 2.03. The summed E-state index contributed by atoms with van der Waals surface area (Å²) in [5.74, 6) is 0. The standard InChI is InChI=1S/C9H19NS/c1-9(11)5-8-10-6-3-2-4-7-10/h9,11H,2-8H2,1H3. The van der Waals surface area contributed by atoms with Crippen LogP contribution >= 0.6 is 12.6 Å². The third-order valence-electron chi connectivity index (χ3n) is 2.31. The van der Waals surface area contributed by atoms with E-state index in [1.165, 1.54) is 45.3 Å². The highest BCUT2D eigenvalue weighted by Gasteiger charge is 2.09. The molecule has 0 amide bonds. The first-order chi connectivity index (χ1) is 5.29. The molecule has 1 unspecified atom stereocenters. The molecular weight excluding hydrogens is 154 g/mol. The Kier molecular flexibility index (Phi) is 4.31. The van der Waals surface area contributed by atoms with Gasteiger partial charge in [-0.15, -0.1) is 0 Å². The van der Waals surface area contributed by atoms with Crippen molar-refractivity contribution in [1.29, 1.82) is 0 Å². The maximum Gasteiger partial charge on any atom is 0.0000573 e. The fraction of sp³-hybridized carbons (Fsp3) is 1.00. The zero-order valence-corrected chi connectivity index (χ0v) is 8.32. The number of thiol groups is 1. The summed E-state index contributed by atoms with van der Waals surface area (Å²) in [5, 5.41) is 0.567. The molecule has 0 N–H and O–H groups in total. The Morgan fingerprint density at radius 1 is 1.27 bits per heavy atom. The van der Waals surface area contributed by atoms with Crippen LogP contribution in [0.2, 0.25) is 0 Å². The minimum Gasteiger partial charge on any atom is -0.303 e. The Balaban J connectivity index is 2.05. The molecule has 1 heterocycles. The van der Waals surface area contributed by atoms with Crippen molar-refractivity contribution in [2.24, 2.45) is 0 Å². The van der Waals surface area contributed by atoms with Crippen LogP contribution < -0.4 is 0 Å². The molecule has 1 rings (SSSR count). The Morgan fingerprint density at radius 2 is 1.91 bits per heavy atom. The zero-order valence-electron chi connectivity index (χ0n) is 7.42. The van der Waals surface area contributed by atoms with Gasteiger partial charge in [0, 0.05) is 5.25 Å². The molecule has 2 heteroatoms. The summed E-state index contributed by atoms with van der Waals surface area (Å²) in [7, 11) is 0. The highest BCUT2D eigenvalue weighted by atomic mass is 32.1. The molecule has 0 aliphatic carbocycles. The Hall–Kier alpha value is 0.310. The number of hydrogen-bond acceptors (Lipinski definition) is 2. The summed E-state index contributed by atoms with van der Waals surface area (Å²) in [6.07, 6.45) is 5.48. The van der Waals surface area contributed by atoms with E-state index in [2.05, 4.69) is 24.5 Å². The van der Waals surface area contributed by atoms with Gasteiger partial charge in [0.05, 0.1) is 0 Å². The quantitative estimate of drug-likeness (QED) is 0.640. The van der Waals surface area contributed by atoms with E-state index >= 15 is 0 Å². The fourth-order valence-corrected chi connectivity index (χ4v) is 1.67. The van der Waals surface area contributed by atoms with Crippen molar-refractivity contribution in [2.75, 3.05) is 19.6 Å².